The minimum Gasteiger partial charge on any atom is -0.444 e. The molecule has 1 aromatic carbocycles. The summed E-state index contributed by atoms with van der Waals surface area (Å²) in [7, 11) is -3.83. The lowest BCUT2D eigenvalue weighted by Crippen LogP contribution is -2.59. The normalized spacial score (nSPS) is 19.3. The van der Waals surface area contributed by atoms with Crippen LogP contribution in [0.1, 0.15) is 40.2 Å². The van der Waals surface area contributed by atoms with Crippen LogP contribution in [0, 0.1) is 6.92 Å². The number of anilines is 1. The van der Waals surface area contributed by atoms with E-state index in [0.717, 1.165) is 11.3 Å². The van der Waals surface area contributed by atoms with Gasteiger partial charge in [0.05, 0.1) is 16.0 Å². The van der Waals surface area contributed by atoms with Crippen molar-refractivity contribution in [1.29, 1.82) is 0 Å². The Morgan fingerprint density at radius 3 is 2.37 bits per heavy atom. The Morgan fingerprint density at radius 1 is 1.09 bits per heavy atom. The van der Waals surface area contributed by atoms with Gasteiger partial charge in [-0.2, -0.15) is 0 Å². The van der Waals surface area contributed by atoms with Gasteiger partial charge in [0.25, 0.3) is 10.0 Å². The third-order valence-electron chi connectivity index (χ3n) is 6.09. The molecule has 1 amide bonds. The smallest absolute Gasteiger partial charge is 0.410 e. The predicted octanol–water partition coefficient (Wildman–Crippen LogP) is 5.18. The van der Waals surface area contributed by atoms with E-state index in [1.807, 2.05) is 47.6 Å². The van der Waals surface area contributed by atoms with Crippen LogP contribution in [0.15, 0.2) is 52.1 Å². The number of hydrogen-bond donors (Lipinski definition) is 0. The fourth-order valence-corrected chi connectivity index (χ4v) is 6.39. The maximum Gasteiger partial charge on any atom is 0.410 e. The van der Waals surface area contributed by atoms with Gasteiger partial charge < -0.3 is 14.5 Å². The molecule has 0 aliphatic carbocycles. The number of rotatable bonds is 3. The van der Waals surface area contributed by atoms with Crippen molar-refractivity contribution in [2.24, 2.45) is 0 Å². The highest BCUT2D eigenvalue weighted by Gasteiger charge is 2.36. The van der Waals surface area contributed by atoms with E-state index in [1.165, 1.54) is 3.97 Å². The number of fused-ring (bicyclic) bond motifs is 1. The molecular formula is C25H31BrN4O4S. The van der Waals surface area contributed by atoms with Gasteiger partial charge in [-0.3, -0.25) is 0 Å². The van der Waals surface area contributed by atoms with Gasteiger partial charge in [-0.1, -0.05) is 17.7 Å². The van der Waals surface area contributed by atoms with E-state index in [-0.39, 0.29) is 23.1 Å². The number of hydrogen-bond acceptors (Lipinski definition) is 6. The molecule has 8 nitrogen and oxygen atoms in total. The van der Waals surface area contributed by atoms with Gasteiger partial charge in [-0.25, -0.2) is 22.2 Å². The summed E-state index contributed by atoms with van der Waals surface area (Å²) in [5.41, 5.74) is 1.63. The highest BCUT2D eigenvalue weighted by molar-refractivity contribution is 9.10. The number of amides is 1. The summed E-state index contributed by atoms with van der Waals surface area (Å²) >= 11 is 3.58. The molecule has 3 aromatic rings. The molecule has 2 aromatic heterocycles. The first kappa shape index (κ1) is 25.5. The third kappa shape index (κ3) is 4.91. The van der Waals surface area contributed by atoms with Crippen LogP contribution in [0.25, 0.3) is 11.0 Å². The van der Waals surface area contributed by atoms with Crippen LogP contribution in [0.5, 0.6) is 0 Å². The molecule has 0 spiro atoms. The summed E-state index contributed by atoms with van der Waals surface area (Å²) in [6.07, 6.45) is 2.86. The standard InChI is InChI=1S/C25H31BrN4O4S/c1-16-7-9-19(10-8-16)35(32,33)30-15-20(26)22-21(11-12-27-23(22)30)28-13-18(3)29(14-17(28)2)24(31)34-25(4,5)6/h7-12,15,17-18H,13-14H2,1-6H3/t17-,18+/m0/s1. The van der Waals surface area contributed by atoms with E-state index in [9.17, 15) is 13.2 Å². The topological polar surface area (TPSA) is 84.7 Å². The zero-order valence-electron chi connectivity index (χ0n) is 20.8. The summed E-state index contributed by atoms with van der Waals surface area (Å²) < 4.78 is 34.3. The molecule has 0 saturated carbocycles. The van der Waals surface area contributed by atoms with Crippen molar-refractivity contribution in [2.45, 2.75) is 64.1 Å². The first-order valence-electron chi connectivity index (χ1n) is 11.5. The van der Waals surface area contributed by atoms with Crippen molar-refractivity contribution in [2.75, 3.05) is 18.0 Å². The number of piperazine rings is 1. The number of benzene rings is 1. The van der Waals surface area contributed by atoms with Gasteiger partial charge in [0.1, 0.15) is 5.60 Å². The molecule has 3 heterocycles. The summed E-state index contributed by atoms with van der Waals surface area (Å²) in [4.78, 5) is 21.3. The van der Waals surface area contributed by atoms with E-state index >= 15 is 0 Å². The second kappa shape index (κ2) is 9.13. The summed E-state index contributed by atoms with van der Waals surface area (Å²) in [5.74, 6) is 0. The number of carbonyl (C=O) groups is 1. The van der Waals surface area contributed by atoms with Crippen LogP contribution >= 0.6 is 15.9 Å². The SMILES string of the molecule is Cc1ccc(S(=O)(=O)n2cc(Br)c3c(N4C[C@@H](C)N(C(=O)OC(C)(C)C)C[C@@H]4C)ccnc32)cc1. The van der Waals surface area contributed by atoms with Crippen molar-refractivity contribution in [1.82, 2.24) is 13.9 Å². The van der Waals surface area contributed by atoms with Gasteiger partial charge in [0, 0.05) is 42.0 Å². The fourth-order valence-electron chi connectivity index (χ4n) is 4.35. The molecule has 1 saturated heterocycles. The molecule has 1 fully saturated rings. The fraction of sp³-hybridized carbons (Fsp3) is 0.440. The number of ether oxygens (including phenoxy) is 1. The van der Waals surface area contributed by atoms with Crippen molar-refractivity contribution in [3.8, 4) is 0 Å². The monoisotopic (exact) mass is 562 g/mol. The summed E-state index contributed by atoms with van der Waals surface area (Å²) in [5, 5.41) is 0.716. The Bertz CT molecular complexity index is 1360. The number of nitrogens with zero attached hydrogens (tertiary/aromatic N) is 4. The molecule has 0 bridgehead atoms. The van der Waals surface area contributed by atoms with Crippen LogP contribution in [0.2, 0.25) is 0 Å². The largest absolute Gasteiger partial charge is 0.444 e. The maximum absolute atomic E-state index is 13.4. The minimum absolute atomic E-state index is 0.0201. The minimum atomic E-state index is -3.83. The van der Waals surface area contributed by atoms with Crippen LogP contribution < -0.4 is 4.90 Å². The number of aromatic nitrogens is 2. The lowest BCUT2D eigenvalue weighted by molar-refractivity contribution is 0.0130. The van der Waals surface area contributed by atoms with Crippen LogP contribution in [0.3, 0.4) is 0 Å². The second-order valence-corrected chi connectivity index (χ2v) is 12.8. The third-order valence-corrected chi connectivity index (χ3v) is 8.35. The second-order valence-electron chi connectivity index (χ2n) is 10.1. The molecule has 188 valence electrons. The molecule has 2 atom stereocenters. The number of aryl methyl sites for hydroxylation is 1. The maximum atomic E-state index is 13.4. The van der Waals surface area contributed by atoms with Crippen LogP contribution in [-0.2, 0) is 14.8 Å². The lowest BCUT2D eigenvalue weighted by atomic mass is 10.1. The molecule has 4 rings (SSSR count). The predicted molar refractivity (Wildman–Crippen MR) is 140 cm³/mol. The van der Waals surface area contributed by atoms with Gasteiger partial charge >= 0.3 is 6.09 Å². The zero-order valence-corrected chi connectivity index (χ0v) is 23.2. The Kier molecular flexibility index (Phi) is 6.65. The van der Waals surface area contributed by atoms with E-state index < -0.39 is 15.6 Å². The first-order chi connectivity index (χ1) is 16.3. The Hall–Kier alpha value is -2.59. The zero-order chi connectivity index (χ0) is 25.7. The van der Waals surface area contributed by atoms with Crippen molar-refractivity contribution >= 4 is 48.8 Å². The lowest BCUT2D eigenvalue weighted by Gasteiger charge is -2.45. The molecule has 10 heteroatoms. The highest BCUT2D eigenvalue weighted by atomic mass is 79.9. The van der Waals surface area contributed by atoms with E-state index in [0.29, 0.717) is 28.6 Å². The Morgan fingerprint density at radius 2 is 1.74 bits per heavy atom. The van der Waals surface area contributed by atoms with Crippen molar-refractivity contribution < 1.29 is 17.9 Å². The van der Waals surface area contributed by atoms with Gasteiger partial charge in [0.2, 0.25) is 0 Å². The Balaban J connectivity index is 1.71. The molecule has 0 unspecified atom stereocenters. The van der Waals surface area contributed by atoms with Crippen LogP contribution in [0.4, 0.5) is 10.5 Å². The molecule has 1 aliphatic heterocycles. The van der Waals surface area contributed by atoms with E-state index in [4.69, 9.17) is 4.74 Å². The van der Waals surface area contributed by atoms with Gasteiger partial charge in [-0.05, 0) is 75.7 Å². The van der Waals surface area contributed by atoms with Gasteiger partial charge in [-0.15, -0.1) is 0 Å². The van der Waals surface area contributed by atoms with Gasteiger partial charge in [0.15, 0.2) is 5.65 Å². The van der Waals surface area contributed by atoms with E-state index in [1.54, 1.807) is 41.6 Å². The molecule has 0 N–H and O–H groups in total. The number of pyridine rings is 1. The molecule has 35 heavy (non-hydrogen) atoms. The van der Waals surface area contributed by atoms with Crippen molar-refractivity contribution in [3.63, 3.8) is 0 Å². The average molecular weight is 564 g/mol. The van der Waals surface area contributed by atoms with Crippen LogP contribution in [-0.4, -0.2) is 59.1 Å². The highest BCUT2D eigenvalue weighted by Crippen LogP contribution is 2.37. The number of carbonyl (C=O) groups excluding carboxylic acids is 1. The number of halogens is 1. The first-order valence-corrected chi connectivity index (χ1v) is 13.8. The Labute approximate surface area is 215 Å². The van der Waals surface area contributed by atoms with E-state index in [2.05, 4.69) is 25.8 Å². The summed E-state index contributed by atoms with van der Waals surface area (Å²) in [6, 6.07) is 8.54. The van der Waals surface area contributed by atoms with Crippen molar-refractivity contribution in [3.05, 3.63) is 52.8 Å². The molecule has 1 aliphatic rings. The molecule has 0 radical (unpaired) electrons. The quantitative estimate of drug-likeness (QED) is 0.437. The average Bonchev–Trinajstić information content (AvgIpc) is 3.12. The summed E-state index contributed by atoms with van der Waals surface area (Å²) in [6.45, 7) is 12.6. The molecular weight excluding hydrogens is 532 g/mol.